The van der Waals surface area contributed by atoms with Gasteiger partial charge in [0.2, 0.25) is 0 Å². The molecule has 45 heavy (non-hydrogen) atoms. The minimum Gasteiger partial charge on any atom is -0.460 e. The van der Waals surface area contributed by atoms with Crippen molar-refractivity contribution in [1.29, 1.82) is 0 Å². The van der Waals surface area contributed by atoms with E-state index in [0.717, 1.165) is 30.5 Å². The number of hydrogen-bond acceptors (Lipinski definition) is 3. The highest BCUT2D eigenvalue weighted by Gasteiger charge is 2.75. The minimum atomic E-state index is -0.512. The number of carbonyl (C=O) groups is 1. The van der Waals surface area contributed by atoms with Crippen LogP contribution in [0.15, 0.2) is 152 Å². The molecule has 3 nitrogen and oxygen atoms in total. The molecule has 5 aromatic carbocycles. The van der Waals surface area contributed by atoms with Gasteiger partial charge in [0.1, 0.15) is 12.0 Å². The van der Waals surface area contributed by atoms with E-state index in [-0.39, 0.29) is 29.3 Å². The fraction of sp³-hybridized carbons (Fsp3) is 0.262. The summed E-state index contributed by atoms with van der Waals surface area (Å²) in [5.41, 5.74) is 4.91. The molecular formula is C42H41NO2. The number of fused-ring (bicyclic) bond motifs is 2. The quantitative estimate of drug-likeness (QED) is 0.162. The Bertz CT molecular complexity index is 1630. The lowest BCUT2D eigenvalue weighted by atomic mass is 9.56. The van der Waals surface area contributed by atoms with Gasteiger partial charge in [0.25, 0.3) is 0 Å². The zero-order valence-electron chi connectivity index (χ0n) is 26.1. The third kappa shape index (κ3) is 4.73. The van der Waals surface area contributed by atoms with E-state index in [1.165, 1.54) is 16.7 Å². The average Bonchev–Trinajstić information content (AvgIpc) is 3.55. The maximum absolute atomic E-state index is 14.8. The molecule has 7 rings (SSSR count). The molecule has 0 saturated heterocycles. The van der Waals surface area contributed by atoms with Crippen LogP contribution >= 0.6 is 0 Å². The Hall–Kier alpha value is -4.47. The van der Waals surface area contributed by atoms with Crippen molar-refractivity contribution >= 4 is 5.97 Å². The van der Waals surface area contributed by atoms with Gasteiger partial charge in [-0.2, -0.15) is 0 Å². The Morgan fingerprint density at radius 3 is 1.53 bits per heavy atom. The van der Waals surface area contributed by atoms with Crippen LogP contribution in [0.5, 0.6) is 0 Å². The second-order valence-electron chi connectivity index (χ2n) is 13.1. The number of carbonyl (C=O) groups excluding carboxylic acids is 1. The molecular weight excluding hydrogens is 550 g/mol. The van der Waals surface area contributed by atoms with E-state index in [4.69, 9.17) is 4.74 Å². The molecule has 0 aromatic heterocycles. The van der Waals surface area contributed by atoms with Crippen LogP contribution in [0.2, 0.25) is 0 Å². The Labute approximate surface area is 267 Å². The number of hydrogen-bond donors (Lipinski definition) is 0. The van der Waals surface area contributed by atoms with E-state index in [0.29, 0.717) is 0 Å². The molecule has 2 bridgehead atoms. The molecule has 2 saturated carbocycles. The van der Waals surface area contributed by atoms with Gasteiger partial charge >= 0.3 is 5.97 Å². The first-order valence-corrected chi connectivity index (χ1v) is 16.2. The van der Waals surface area contributed by atoms with Crippen molar-refractivity contribution in [1.82, 2.24) is 4.90 Å². The topological polar surface area (TPSA) is 29.5 Å². The van der Waals surface area contributed by atoms with Gasteiger partial charge in [-0.15, -0.1) is 0 Å². The van der Waals surface area contributed by atoms with Crippen LogP contribution in [-0.4, -0.2) is 37.6 Å². The fourth-order valence-electron chi connectivity index (χ4n) is 9.17. The molecule has 4 unspecified atom stereocenters. The summed E-state index contributed by atoms with van der Waals surface area (Å²) in [5.74, 6) is -0.290. The molecule has 3 heteroatoms. The molecule has 0 N–H and O–H groups in total. The zero-order chi connectivity index (χ0) is 30.9. The van der Waals surface area contributed by atoms with Gasteiger partial charge in [-0.05, 0) is 60.7 Å². The molecule has 226 valence electrons. The molecule has 2 aliphatic carbocycles. The monoisotopic (exact) mass is 591 g/mol. The SMILES string of the molecule is CN(C)CC1C(OC(=O)C(c2ccccc2)c2ccccc2)C2(c3ccccc3)CCC1C2(c1ccccc1)c1ccccc1. The van der Waals surface area contributed by atoms with E-state index >= 15 is 0 Å². The highest BCUT2D eigenvalue weighted by Crippen LogP contribution is 2.72. The van der Waals surface area contributed by atoms with Crippen molar-refractivity contribution in [3.05, 3.63) is 179 Å². The molecule has 4 atom stereocenters. The summed E-state index contributed by atoms with van der Waals surface area (Å²) < 4.78 is 7.12. The van der Waals surface area contributed by atoms with Gasteiger partial charge in [-0.1, -0.05) is 152 Å². The molecule has 0 spiro atoms. The van der Waals surface area contributed by atoms with E-state index in [2.05, 4.69) is 110 Å². The summed E-state index contributed by atoms with van der Waals surface area (Å²) in [4.78, 5) is 17.1. The predicted octanol–water partition coefficient (Wildman–Crippen LogP) is 8.26. The van der Waals surface area contributed by atoms with Gasteiger partial charge in [-0.3, -0.25) is 4.79 Å². The summed E-state index contributed by atoms with van der Waals surface area (Å²) in [6.07, 6.45) is 1.67. The lowest BCUT2D eigenvalue weighted by Gasteiger charge is -2.47. The lowest BCUT2D eigenvalue weighted by Crippen LogP contribution is -2.52. The molecule has 0 amide bonds. The van der Waals surface area contributed by atoms with Crippen molar-refractivity contribution in [2.45, 2.75) is 35.7 Å². The zero-order valence-corrected chi connectivity index (χ0v) is 26.1. The first-order chi connectivity index (χ1) is 22.1. The summed E-state index contributed by atoms with van der Waals surface area (Å²) in [5, 5.41) is 0. The Balaban J connectivity index is 1.46. The van der Waals surface area contributed by atoms with E-state index in [9.17, 15) is 4.79 Å². The molecule has 2 fully saturated rings. The van der Waals surface area contributed by atoms with Crippen molar-refractivity contribution in [2.75, 3.05) is 20.6 Å². The van der Waals surface area contributed by atoms with Gasteiger partial charge in [0.05, 0.1) is 0 Å². The number of nitrogens with zero attached hydrogens (tertiary/aromatic N) is 1. The van der Waals surface area contributed by atoms with Crippen LogP contribution in [0.3, 0.4) is 0 Å². The van der Waals surface area contributed by atoms with E-state index in [1.54, 1.807) is 0 Å². The molecule has 5 aromatic rings. The second kappa shape index (κ2) is 12.1. The van der Waals surface area contributed by atoms with Crippen LogP contribution in [0, 0.1) is 11.8 Å². The van der Waals surface area contributed by atoms with Gasteiger partial charge in [-0.25, -0.2) is 0 Å². The third-order valence-corrected chi connectivity index (χ3v) is 10.6. The lowest BCUT2D eigenvalue weighted by molar-refractivity contribution is -0.157. The predicted molar refractivity (Wildman–Crippen MR) is 181 cm³/mol. The number of esters is 1. The van der Waals surface area contributed by atoms with Crippen LogP contribution in [0.1, 0.15) is 46.6 Å². The standard InChI is InChI=1S/C42H41NO2/c1-43(2)30-36-37-28-29-41(33-22-12-5-13-23-33,42(37,34-24-14-6-15-25-34)35-26-16-7-17-27-35)39(36)45-40(44)38(31-18-8-3-9-19-31)32-20-10-4-11-21-32/h3-27,36-39H,28-30H2,1-2H3. The Morgan fingerprint density at radius 2 is 1.09 bits per heavy atom. The normalized spacial score (nSPS) is 23.3. The second-order valence-corrected chi connectivity index (χ2v) is 13.1. The van der Waals surface area contributed by atoms with Crippen molar-refractivity contribution in [3.8, 4) is 0 Å². The maximum Gasteiger partial charge on any atom is 0.318 e. The van der Waals surface area contributed by atoms with Gasteiger partial charge in [0, 0.05) is 23.3 Å². The van der Waals surface area contributed by atoms with E-state index < -0.39 is 11.3 Å². The summed E-state index contributed by atoms with van der Waals surface area (Å²) in [6, 6.07) is 53.2. The van der Waals surface area contributed by atoms with E-state index in [1.807, 2.05) is 60.7 Å². The summed E-state index contributed by atoms with van der Waals surface area (Å²) in [6.45, 7) is 0.833. The highest BCUT2D eigenvalue weighted by atomic mass is 16.5. The highest BCUT2D eigenvalue weighted by molar-refractivity contribution is 5.83. The van der Waals surface area contributed by atoms with Crippen molar-refractivity contribution in [2.24, 2.45) is 11.8 Å². The smallest absolute Gasteiger partial charge is 0.318 e. The number of benzene rings is 5. The molecule has 0 heterocycles. The number of ether oxygens (including phenoxy) is 1. The molecule has 2 aliphatic rings. The fourth-order valence-corrected chi connectivity index (χ4v) is 9.17. The molecule has 0 radical (unpaired) electrons. The third-order valence-electron chi connectivity index (χ3n) is 10.6. The first-order valence-electron chi connectivity index (χ1n) is 16.2. The minimum absolute atomic E-state index is 0.130. The van der Waals surface area contributed by atoms with Gasteiger partial charge < -0.3 is 9.64 Å². The van der Waals surface area contributed by atoms with Crippen LogP contribution in [-0.2, 0) is 20.4 Å². The summed E-state index contributed by atoms with van der Waals surface area (Å²) in [7, 11) is 4.28. The van der Waals surface area contributed by atoms with Crippen LogP contribution in [0.4, 0.5) is 0 Å². The van der Waals surface area contributed by atoms with Gasteiger partial charge in [0.15, 0.2) is 0 Å². The van der Waals surface area contributed by atoms with Crippen LogP contribution < -0.4 is 0 Å². The summed E-state index contributed by atoms with van der Waals surface area (Å²) >= 11 is 0. The Kier molecular flexibility index (Phi) is 7.89. The Morgan fingerprint density at radius 1 is 0.667 bits per heavy atom. The first kappa shape index (κ1) is 29.3. The van der Waals surface area contributed by atoms with Crippen molar-refractivity contribution < 1.29 is 9.53 Å². The largest absolute Gasteiger partial charge is 0.460 e. The van der Waals surface area contributed by atoms with Crippen LogP contribution in [0.25, 0.3) is 0 Å². The average molecular weight is 592 g/mol. The molecule has 0 aliphatic heterocycles. The number of rotatable bonds is 9. The van der Waals surface area contributed by atoms with Crippen molar-refractivity contribution in [3.63, 3.8) is 0 Å². The maximum atomic E-state index is 14.8.